The van der Waals surface area contributed by atoms with Gasteiger partial charge in [-0.2, -0.15) is 0 Å². The molecule has 0 unspecified atom stereocenters. The zero-order chi connectivity index (χ0) is 15.7. The SMILES string of the molecule is CC(=O)N[C@H](C=O)[C@@H](OCCC(=O)O)[C@H](O)[C@H](O)CO. The van der Waals surface area contributed by atoms with E-state index in [0.29, 0.717) is 6.29 Å². The van der Waals surface area contributed by atoms with Crippen molar-refractivity contribution in [1.82, 2.24) is 5.32 Å². The monoisotopic (exact) mass is 293 g/mol. The first-order valence-electron chi connectivity index (χ1n) is 5.86. The van der Waals surface area contributed by atoms with Crippen molar-refractivity contribution in [3.05, 3.63) is 0 Å². The smallest absolute Gasteiger partial charge is 0.305 e. The summed E-state index contributed by atoms with van der Waals surface area (Å²) in [6.07, 6.45) is -4.74. The lowest BCUT2D eigenvalue weighted by atomic mass is 10.0. The normalized spacial score (nSPS) is 16.8. The first-order valence-corrected chi connectivity index (χ1v) is 5.86. The molecule has 0 aliphatic carbocycles. The van der Waals surface area contributed by atoms with Crippen LogP contribution in [0.2, 0.25) is 0 Å². The van der Waals surface area contributed by atoms with E-state index >= 15 is 0 Å². The molecule has 0 radical (unpaired) electrons. The van der Waals surface area contributed by atoms with Crippen molar-refractivity contribution in [2.75, 3.05) is 13.2 Å². The maximum absolute atomic E-state index is 10.9. The summed E-state index contributed by atoms with van der Waals surface area (Å²) in [6.45, 7) is 0.0183. The first kappa shape index (κ1) is 18.4. The van der Waals surface area contributed by atoms with Crippen molar-refractivity contribution >= 4 is 18.2 Å². The summed E-state index contributed by atoms with van der Waals surface area (Å²) in [5, 5.41) is 38.6. The Bertz CT molecular complexity index is 334. The molecule has 0 aromatic carbocycles. The van der Waals surface area contributed by atoms with E-state index in [1.165, 1.54) is 0 Å². The molecule has 1 amide bonds. The maximum Gasteiger partial charge on any atom is 0.305 e. The molecule has 0 bridgehead atoms. The van der Waals surface area contributed by atoms with Gasteiger partial charge in [-0.05, 0) is 0 Å². The Morgan fingerprint density at radius 2 is 1.95 bits per heavy atom. The summed E-state index contributed by atoms with van der Waals surface area (Å²) in [5.41, 5.74) is 0. The number of carboxylic acids is 1. The minimum atomic E-state index is -1.67. The Kier molecular flexibility index (Phi) is 8.64. The minimum Gasteiger partial charge on any atom is -0.481 e. The summed E-state index contributed by atoms with van der Waals surface area (Å²) in [5.74, 6) is -1.72. The number of carbonyl (C=O) groups excluding carboxylic acids is 2. The number of aliphatic hydroxyl groups is 3. The molecule has 9 heteroatoms. The third-order valence-electron chi connectivity index (χ3n) is 2.41. The van der Waals surface area contributed by atoms with E-state index in [0.717, 1.165) is 6.92 Å². The average molecular weight is 293 g/mol. The molecule has 0 spiro atoms. The molecule has 0 aliphatic rings. The number of hydrogen-bond donors (Lipinski definition) is 5. The number of amides is 1. The number of rotatable bonds is 10. The lowest BCUT2D eigenvalue weighted by Crippen LogP contribution is -2.54. The van der Waals surface area contributed by atoms with Crippen LogP contribution in [-0.4, -0.2) is 76.2 Å². The molecule has 9 nitrogen and oxygen atoms in total. The zero-order valence-electron chi connectivity index (χ0n) is 10.9. The van der Waals surface area contributed by atoms with E-state index in [-0.39, 0.29) is 13.0 Å². The van der Waals surface area contributed by atoms with Gasteiger partial charge in [0.2, 0.25) is 5.91 Å². The lowest BCUT2D eigenvalue weighted by Gasteiger charge is -2.30. The van der Waals surface area contributed by atoms with Crippen molar-refractivity contribution in [3.8, 4) is 0 Å². The Balaban J connectivity index is 4.86. The van der Waals surface area contributed by atoms with Gasteiger partial charge in [0, 0.05) is 6.92 Å². The van der Waals surface area contributed by atoms with Gasteiger partial charge in [-0.3, -0.25) is 9.59 Å². The van der Waals surface area contributed by atoms with Gasteiger partial charge in [-0.25, -0.2) is 0 Å². The van der Waals surface area contributed by atoms with Crippen LogP contribution in [0.5, 0.6) is 0 Å². The van der Waals surface area contributed by atoms with E-state index in [9.17, 15) is 24.6 Å². The summed E-state index contributed by atoms with van der Waals surface area (Å²) in [7, 11) is 0. The van der Waals surface area contributed by atoms with Crippen molar-refractivity contribution in [2.24, 2.45) is 0 Å². The Morgan fingerprint density at radius 3 is 2.35 bits per heavy atom. The largest absolute Gasteiger partial charge is 0.481 e. The lowest BCUT2D eigenvalue weighted by molar-refractivity contribution is -0.145. The molecular formula is C11H19NO8. The molecule has 0 aromatic rings. The number of ether oxygens (including phenoxy) is 1. The van der Waals surface area contributed by atoms with Crippen molar-refractivity contribution < 1.29 is 39.5 Å². The third kappa shape index (κ3) is 6.57. The average Bonchev–Trinajstić information content (AvgIpc) is 2.39. The Labute approximate surface area is 115 Å². The predicted octanol–water partition coefficient (Wildman–Crippen LogP) is -2.74. The molecule has 0 aliphatic heterocycles. The van der Waals surface area contributed by atoms with Crippen molar-refractivity contribution in [1.29, 1.82) is 0 Å². The fourth-order valence-corrected chi connectivity index (χ4v) is 1.45. The van der Waals surface area contributed by atoms with Crippen LogP contribution in [0.15, 0.2) is 0 Å². The third-order valence-corrected chi connectivity index (χ3v) is 2.41. The molecule has 0 saturated carbocycles. The fraction of sp³-hybridized carbons (Fsp3) is 0.727. The highest BCUT2D eigenvalue weighted by atomic mass is 16.5. The number of carbonyl (C=O) groups is 3. The quantitative estimate of drug-likeness (QED) is 0.272. The molecule has 0 saturated heterocycles. The van der Waals surface area contributed by atoms with Gasteiger partial charge in [-0.1, -0.05) is 0 Å². The van der Waals surface area contributed by atoms with Gasteiger partial charge in [0.05, 0.1) is 19.6 Å². The van der Waals surface area contributed by atoms with Crippen LogP contribution in [-0.2, 0) is 19.1 Å². The summed E-state index contributed by atoms with van der Waals surface area (Å²) >= 11 is 0. The number of aliphatic hydroxyl groups excluding tert-OH is 3. The molecule has 116 valence electrons. The zero-order valence-corrected chi connectivity index (χ0v) is 10.9. The number of aliphatic carboxylic acids is 1. The van der Waals surface area contributed by atoms with Crippen LogP contribution in [0.1, 0.15) is 13.3 Å². The second kappa shape index (κ2) is 9.37. The van der Waals surface area contributed by atoms with Crippen LogP contribution in [0.3, 0.4) is 0 Å². The van der Waals surface area contributed by atoms with Crippen LogP contribution >= 0.6 is 0 Å². The number of aldehydes is 1. The number of nitrogens with one attached hydrogen (secondary N) is 1. The van der Waals surface area contributed by atoms with Crippen LogP contribution < -0.4 is 5.32 Å². The Hall–Kier alpha value is -1.55. The van der Waals surface area contributed by atoms with E-state index < -0.39 is 42.8 Å². The molecule has 5 N–H and O–H groups in total. The first-order chi connectivity index (χ1) is 9.33. The molecule has 0 aromatic heterocycles. The second-order valence-corrected chi connectivity index (χ2v) is 4.08. The van der Waals surface area contributed by atoms with Gasteiger partial charge >= 0.3 is 5.97 Å². The maximum atomic E-state index is 10.9. The van der Waals surface area contributed by atoms with Crippen molar-refractivity contribution in [3.63, 3.8) is 0 Å². The van der Waals surface area contributed by atoms with E-state index in [4.69, 9.17) is 14.9 Å². The van der Waals surface area contributed by atoms with Crippen LogP contribution in [0, 0.1) is 0 Å². The van der Waals surface area contributed by atoms with E-state index in [1.807, 2.05) is 0 Å². The molecule has 0 fully saturated rings. The van der Waals surface area contributed by atoms with Crippen LogP contribution in [0.4, 0.5) is 0 Å². The summed E-state index contributed by atoms with van der Waals surface area (Å²) in [4.78, 5) is 32.3. The molecule has 0 rings (SSSR count). The summed E-state index contributed by atoms with van der Waals surface area (Å²) in [6, 6.07) is -1.28. The molecule has 0 heterocycles. The van der Waals surface area contributed by atoms with E-state index in [2.05, 4.69) is 5.32 Å². The fourth-order valence-electron chi connectivity index (χ4n) is 1.45. The highest BCUT2D eigenvalue weighted by molar-refractivity contribution is 5.77. The molecule has 4 atom stereocenters. The minimum absolute atomic E-state index is 0.292. The molecule has 20 heavy (non-hydrogen) atoms. The topological polar surface area (TPSA) is 153 Å². The van der Waals surface area contributed by atoms with Gasteiger partial charge in [0.1, 0.15) is 30.6 Å². The highest BCUT2D eigenvalue weighted by Gasteiger charge is 2.34. The van der Waals surface area contributed by atoms with Gasteiger partial charge in [0.15, 0.2) is 0 Å². The number of carboxylic acid groups (broad SMARTS) is 1. The van der Waals surface area contributed by atoms with Crippen LogP contribution in [0.25, 0.3) is 0 Å². The molecular weight excluding hydrogens is 274 g/mol. The standard InChI is InChI=1S/C11H19NO8/c1-6(15)12-7(4-13)11(10(19)8(16)5-14)20-3-2-9(17)18/h4,7-8,10-11,14,16,19H,2-3,5H2,1H3,(H,12,15)(H,17,18)/t7-,8-,10-,11-/m1/s1. The van der Waals surface area contributed by atoms with Crippen molar-refractivity contribution in [2.45, 2.75) is 37.7 Å². The highest BCUT2D eigenvalue weighted by Crippen LogP contribution is 2.09. The van der Waals surface area contributed by atoms with E-state index in [1.54, 1.807) is 0 Å². The number of hydrogen-bond acceptors (Lipinski definition) is 7. The predicted molar refractivity (Wildman–Crippen MR) is 64.8 cm³/mol. The van der Waals surface area contributed by atoms with Gasteiger partial charge in [-0.15, -0.1) is 0 Å². The summed E-state index contributed by atoms with van der Waals surface area (Å²) < 4.78 is 5.04. The van der Waals surface area contributed by atoms with Gasteiger partial charge < -0.3 is 35.3 Å². The second-order valence-electron chi connectivity index (χ2n) is 4.08. The van der Waals surface area contributed by atoms with Gasteiger partial charge in [0.25, 0.3) is 0 Å². The Morgan fingerprint density at radius 1 is 1.35 bits per heavy atom.